The molecule has 2 rings (SSSR count). The summed E-state index contributed by atoms with van der Waals surface area (Å²) < 4.78 is 0.589. The van der Waals surface area contributed by atoms with E-state index in [1.807, 2.05) is 22.6 Å². The number of rotatable bonds is 1. The van der Waals surface area contributed by atoms with Crippen LogP contribution in [0.1, 0.15) is 5.69 Å². The number of aromatic nitrogens is 2. The van der Waals surface area contributed by atoms with Crippen LogP contribution in [0.3, 0.4) is 0 Å². The van der Waals surface area contributed by atoms with Gasteiger partial charge in [0.15, 0.2) is 0 Å². The number of nitrogens with zero attached hydrogens (tertiary/aromatic N) is 1. The summed E-state index contributed by atoms with van der Waals surface area (Å²) in [5.74, 6) is 0.492. The van der Waals surface area contributed by atoms with Gasteiger partial charge in [0.1, 0.15) is 5.82 Å². The maximum atomic E-state index is 11.6. The Kier molecular flexibility index (Phi) is 3.75. The van der Waals surface area contributed by atoms with Crippen molar-refractivity contribution in [2.24, 2.45) is 0 Å². The van der Waals surface area contributed by atoms with E-state index in [1.54, 1.807) is 25.1 Å². The van der Waals surface area contributed by atoms with Crippen LogP contribution in [0.5, 0.6) is 0 Å². The van der Waals surface area contributed by atoms with Crippen molar-refractivity contribution < 1.29 is 0 Å². The molecule has 6 heteroatoms. The van der Waals surface area contributed by atoms with Gasteiger partial charge >= 0.3 is 0 Å². The second kappa shape index (κ2) is 4.96. The Hall–Kier alpha value is -0.590. The summed E-state index contributed by atoms with van der Waals surface area (Å²) in [5, 5.41) is 0.906. The first-order chi connectivity index (χ1) is 7.99. The summed E-state index contributed by atoms with van der Waals surface area (Å²) in [6.07, 6.45) is 0. The second-order valence-corrected chi connectivity index (χ2v) is 5.34. The van der Waals surface area contributed by atoms with E-state index in [-0.39, 0.29) is 5.56 Å². The molecule has 0 radical (unpaired) electrons. The number of H-pyrrole nitrogens is 1. The van der Waals surface area contributed by atoms with Crippen LogP contribution in [0.25, 0.3) is 11.4 Å². The molecule has 1 N–H and O–H groups in total. The van der Waals surface area contributed by atoms with Gasteiger partial charge in [-0.3, -0.25) is 4.79 Å². The quantitative estimate of drug-likeness (QED) is 0.767. The van der Waals surface area contributed by atoms with E-state index in [2.05, 4.69) is 9.97 Å². The monoisotopic (exact) mass is 380 g/mol. The summed E-state index contributed by atoms with van der Waals surface area (Å²) in [6, 6.07) is 5.11. The Balaban J connectivity index is 2.61. The van der Waals surface area contributed by atoms with E-state index >= 15 is 0 Å². The van der Waals surface area contributed by atoms with Crippen LogP contribution in [-0.4, -0.2) is 9.97 Å². The molecular formula is C11H7Cl2IN2O. The molecule has 88 valence electrons. The van der Waals surface area contributed by atoms with Crippen molar-refractivity contribution in [3.8, 4) is 11.4 Å². The Bertz CT molecular complexity index is 640. The largest absolute Gasteiger partial charge is 0.306 e. The Morgan fingerprint density at radius 3 is 2.59 bits per heavy atom. The highest BCUT2D eigenvalue weighted by Gasteiger charge is 2.08. The van der Waals surface area contributed by atoms with Crippen LogP contribution in [0, 0.1) is 10.5 Å². The zero-order chi connectivity index (χ0) is 12.6. The molecule has 0 saturated carbocycles. The fourth-order valence-corrected chi connectivity index (χ4v) is 1.91. The van der Waals surface area contributed by atoms with Crippen molar-refractivity contribution in [1.29, 1.82) is 0 Å². The number of aromatic amines is 1. The van der Waals surface area contributed by atoms with Gasteiger partial charge in [-0.25, -0.2) is 4.98 Å². The van der Waals surface area contributed by atoms with E-state index in [0.29, 0.717) is 25.1 Å². The molecule has 0 saturated heterocycles. The molecular weight excluding hydrogens is 374 g/mol. The molecule has 0 unspecified atom stereocenters. The van der Waals surface area contributed by atoms with Gasteiger partial charge in [0.05, 0.1) is 19.3 Å². The van der Waals surface area contributed by atoms with Crippen LogP contribution >= 0.6 is 45.8 Å². The summed E-state index contributed by atoms with van der Waals surface area (Å²) in [7, 11) is 0. The molecule has 1 aromatic heterocycles. The normalized spacial score (nSPS) is 10.6. The number of hydrogen-bond donors (Lipinski definition) is 1. The van der Waals surface area contributed by atoms with Crippen molar-refractivity contribution in [2.45, 2.75) is 6.92 Å². The maximum Gasteiger partial charge on any atom is 0.264 e. The van der Waals surface area contributed by atoms with Crippen LogP contribution < -0.4 is 5.56 Å². The standard InChI is InChI=1S/C11H7Cl2IN2O/c1-5-9(14)11(17)16-10(15-5)6-2-3-7(12)8(13)4-6/h2-4H,1H3,(H,15,16,17). The van der Waals surface area contributed by atoms with Gasteiger partial charge < -0.3 is 4.98 Å². The van der Waals surface area contributed by atoms with Gasteiger partial charge in [-0.2, -0.15) is 0 Å². The van der Waals surface area contributed by atoms with Gasteiger partial charge in [-0.15, -0.1) is 0 Å². The van der Waals surface area contributed by atoms with E-state index in [0.717, 1.165) is 5.56 Å². The van der Waals surface area contributed by atoms with Crippen LogP contribution in [-0.2, 0) is 0 Å². The first kappa shape index (κ1) is 12.9. The van der Waals surface area contributed by atoms with E-state index in [9.17, 15) is 4.79 Å². The zero-order valence-electron chi connectivity index (χ0n) is 8.72. The van der Waals surface area contributed by atoms with E-state index < -0.39 is 0 Å². The lowest BCUT2D eigenvalue weighted by atomic mass is 10.2. The number of nitrogens with one attached hydrogen (secondary N) is 1. The Morgan fingerprint density at radius 2 is 2.00 bits per heavy atom. The number of hydrogen-bond acceptors (Lipinski definition) is 2. The summed E-state index contributed by atoms with van der Waals surface area (Å²) in [6.45, 7) is 1.79. The predicted molar refractivity (Wildman–Crippen MR) is 77.8 cm³/mol. The van der Waals surface area contributed by atoms with Crippen LogP contribution in [0.4, 0.5) is 0 Å². The van der Waals surface area contributed by atoms with E-state index in [4.69, 9.17) is 23.2 Å². The molecule has 17 heavy (non-hydrogen) atoms. The number of aryl methyl sites for hydroxylation is 1. The SMILES string of the molecule is Cc1nc(-c2ccc(Cl)c(Cl)c2)[nH]c(=O)c1I. The van der Waals surface area contributed by atoms with Crippen molar-refractivity contribution in [2.75, 3.05) is 0 Å². The first-order valence-corrected chi connectivity index (χ1v) is 6.54. The number of halogens is 3. The lowest BCUT2D eigenvalue weighted by Gasteiger charge is -2.04. The first-order valence-electron chi connectivity index (χ1n) is 4.71. The predicted octanol–water partition coefficient (Wildman–Crippen LogP) is 3.66. The molecule has 0 aliphatic rings. The van der Waals surface area contributed by atoms with Crippen molar-refractivity contribution >= 4 is 45.8 Å². The minimum Gasteiger partial charge on any atom is -0.306 e. The van der Waals surface area contributed by atoms with Gasteiger partial charge in [0.25, 0.3) is 5.56 Å². The smallest absolute Gasteiger partial charge is 0.264 e. The second-order valence-electron chi connectivity index (χ2n) is 3.44. The lowest BCUT2D eigenvalue weighted by Crippen LogP contribution is -2.14. The lowest BCUT2D eigenvalue weighted by molar-refractivity contribution is 1.05. The fourth-order valence-electron chi connectivity index (χ4n) is 1.35. The third-order valence-corrected chi connectivity index (χ3v) is 4.23. The van der Waals surface area contributed by atoms with Gasteiger partial charge in [-0.05, 0) is 47.7 Å². The molecule has 0 atom stereocenters. The molecule has 1 aromatic carbocycles. The highest BCUT2D eigenvalue weighted by atomic mass is 127. The summed E-state index contributed by atoms with van der Waals surface area (Å²) in [4.78, 5) is 18.6. The van der Waals surface area contributed by atoms with Crippen molar-refractivity contribution in [3.05, 3.63) is 47.9 Å². The fraction of sp³-hybridized carbons (Fsp3) is 0.0909. The third kappa shape index (κ3) is 2.64. The highest BCUT2D eigenvalue weighted by molar-refractivity contribution is 14.1. The van der Waals surface area contributed by atoms with Gasteiger partial charge in [0.2, 0.25) is 0 Å². The third-order valence-electron chi connectivity index (χ3n) is 2.22. The minimum atomic E-state index is -0.154. The molecule has 0 fully saturated rings. The molecule has 0 spiro atoms. The summed E-state index contributed by atoms with van der Waals surface area (Å²) >= 11 is 13.7. The van der Waals surface area contributed by atoms with Gasteiger partial charge in [0, 0.05) is 5.56 Å². The average molecular weight is 381 g/mol. The average Bonchev–Trinajstić information content (AvgIpc) is 2.29. The molecule has 2 aromatic rings. The Morgan fingerprint density at radius 1 is 1.29 bits per heavy atom. The molecule has 0 bridgehead atoms. The number of benzene rings is 1. The molecule has 0 aliphatic heterocycles. The van der Waals surface area contributed by atoms with Crippen LogP contribution in [0.2, 0.25) is 10.0 Å². The minimum absolute atomic E-state index is 0.154. The Labute approximate surface area is 121 Å². The molecule has 0 aliphatic carbocycles. The highest BCUT2D eigenvalue weighted by Crippen LogP contribution is 2.26. The summed E-state index contributed by atoms with van der Waals surface area (Å²) in [5.41, 5.74) is 1.27. The topological polar surface area (TPSA) is 45.8 Å². The maximum absolute atomic E-state index is 11.6. The zero-order valence-corrected chi connectivity index (χ0v) is 12.4. The van der Waals surface area contributed by atoms with Crippen molar-refractivity contribution in [3.63, 3.8) is 0 Å². The van der Waals surface area contributed by atoms with Gasteiger partial charge in [-0.1, -0.05) is 23.2 Å². The van der Waals surface area contributed by atoms with Crippen LogP contribution in [0.15, 0.2) is 23.0 Å². The van der Waals surface area contributed by atoms with Crippen molar-refractivity contribution in [1.82, 2.24) is 9.97 Å². The molecule has 0 amide bonds. The molecule has 1 heterocycles. The van der Waals surface area contributed by atoms with E-state index in [1.165, 1.54) is 0 Å². The molecule has 3 nitrogen and oxygen atoms in total.